The lowest BCUT2D eigenvalue weighted by Gasteiger charge is -2.24. The van der Waals surface area contributed by atoms with Crippen molar-refractivity contribution in [3.8, 4) is 11.8 Å². The Balaban J connectivity index is 2.28. The number of hydrogen-bond acceptors (Lipinski definition) is 6. The van der Waals surface area contributed by atoms with Crippen molar-refractivity contribution in [1.82, 2.24) is 5.32 Å². The Morgan fingerprint density at radius 2 is 1.93 bits per heavy atom. The SMILES string of the molecule is CCc1ccc(OCCNC(C)=O)c(C(Nc2ccc(C#N)cc2)C(=O)[O-])c1. The number of carbonyl (C=O) groups is 2. The van der Waals surface area contributed by atoms with Crippen LogP contribution in [0.2, 0.25) is 0 Å². The highest BCUT2D eigenvalue weighted by atomic mass is 16.5. The highest BCUT2D eigenvalue weighted by Gasteiger charge is 2.18. The van der Waals surface area contributed by atoms with Crippen LogP contribution in [0.15, 0.2) is 42.5 Å². The van der Waals surface area contributed by atoms with Gasteiger partial charge in [-0.3, -0.25) is 4.79 Å². The maximum Gasteiger partial charge on any atom is 0.216 e. The summed E-state index contributed by atoms with van der Waals surface area (Å²) < 4.78 is 5.70. The van der Waals surface area contributed by atoms with E-state index in [0.29, 0.717) is 29.1 Å². The number of nitrogens with one attached hydrogen (secondary N) is 2. The summed E-state index contributed by atoms with van der Waals surface area (Å²) in [5, 5.41) is 26.3. The molecule has 0 aliphatic rings. The summed E-state index contributed by atoms with van der Waals surface area (Å²) in [7, 11) is 0. The minimum atomic E-state index is -1.30. The van der Waals surface area contributed by atoms with Gasteiger partial charge in [0.05, 0.1) is 30.2 Å². The summed E-state index contributed by atoms with van der Waals surface area (Å²) in [6.45, 7) is 3.89. The molecule has 7 nitrogen and oxygen atoms in total. The van der Waals surface area contributed by atoms with E-state index in [2.05, 4.69) is 10.6 Å². The standard InChI is InChI=1S/C21H23N3O4/c1-3-15-6-9-19(28-11-10-23-14(2)25)18(12-15)20(21(26)27)24-17-7-4-16(13-22)5-8-17/h4-9,12,20,24H,3,10-11H2,1-2H3,(H,23,25)(H,26,27)/p-1. The van der Waals surface area contributed by atoms with Crippen LogP contribution >= 0.6 is 0 Å². The molecule has 2 rings (SSSR count). The van der Waals surface area contributed by atoms with Crippen LogP contribution in [0.3, 0.4) is 0 Å². The molecular weight excluding hydrogens is 358 g/mol. The van der Waals surface area contributed by atoms with E-state index in [9.17, 15) is 14.7 Å². The van der Waals surface area contributed by atoms with E-state index in [4.69, 9.17) is 10.00 Å². The van der Waals surface area contributed by atoms with Gasteiger partial charge in [-0.05, 0) is 48.4 Å². The minimum Gasteiger partial charge on any atom is -0.548 e. The zero-order valence-electron chi connectivity index (χ0n) is 15.8. The Morgan fingerprint density at radius 1 is 1.21 bits per heavy atom. The predicted octanol–water partition coefficient (Wildman–Crippen LogP) is 1.54. The first-order valence-corrected chi connectivity index (χ1v) is 8.92. The van der Waals surface area contributed by atoms with Gasteiger partial charge in [0.25, 0.3) is 0 Å². The van der Waals surface area contributed by atoms with Crippen molar-refractivity contribution >= 4 is 17.6 Å². The van der Waals surface area contributed by atoms with E-state index in [1.165, 1.54) is 6.92 Å². The van der Waals surface area contributed by atoms with Gasteiger partial charge in [-0.1, -0.05) is 13.0 Å². The summed E-state index contributed by atoms with van der Waals surface area (Å²) in [6, 6.07) is 12.7. The molecule has 28 heavy (non-hydrogen) atoms. The molecule has 1 unspecified atom stereocenters. The fourth-order valence-electron chi connectivity index (χ4n) is 2.63. The van der Waals surface area contributed by atoms with Gasteiger partial charge < -0.3 is 25.3 Å². The van der Waals surface area contributed by atoms with Crippen molar-refractivity contribution in [3.63, 3.8) is 0 Å². The predicted molar refractivity (Wildman–Crippen MR) is 103 cm³/mol. The number of anilines is 1. The van der Waals surface area contributed by atoms with E-state index in [1.807, 2.05) is 19.1 Å². The highest BCUT2D eigenvalue weighted by molar-refractivity contribution is 5.79. The molecule has 0 saturated heterocycles. The fourth-order valence-corrected chi connectivity index (χ4v) is 2.63. The lowest BCUT2D eigenvalue weighted by atomic mass is 10.0. The Labute approximate surface area is 163 Å². The summed E-state index contributed by atoms with van der Waals surface area (Å²) in [4.78, 5) is 22.8. The van der Waals surface area contributed by atoms with Gasteiger partial charge in [0, 0.05) is 18.2 Å². The van der Waals surface area contributed by atoms with Gasteiger partial charge in [0.1, 0.15) is 12.4 Å². The molecule has 0 spiro atoms. The summed E-state index contributed by atoms with van der Waals surface area (Å²) in [6.07, 6.45) is 0.732. The van der Waals surface area contributed by atoms with Crippen LogP contribution in [0.5, 0.6) is 5.75 Å². The number of carboxylic acid groups (broad SMARTS) is 1. The number of ether oxygens (including phenoxy) is 1. The monoisotopic (exact) mass is 380 g/mol. The molecule has 7 heteroatoms. The lowest BCUT2D eigenvalue weighted by Crippen LogP contribution is -2.34. The number of benzene rings is 2. The zero-order valence-corrected chi connectivity index (χ0v) is 15.8. The number of amides is 1. The maximum absolute atomic E-state index is 11.9. The molecule has 2 aromatic rings. The van der Waals surface area contributed by atoms with Crippen LogP contribution in [0, 0.1) is 11.3 Å². The van der Waals surface area contributed by atoms with Gasteiger partial charge in [-0.25, -0.2) is 0 Å². The van der Waals surface area contributed by atoms with Crippen molar-refractivity contribution in [2.75, 3.05) is 18.5 Å². The second kappa shape index (κ2) is 9.97. The van der Waals surface area contributed by atoms with Crippen LogP contribution in [0.1, 0.15) is 36.6 Å². The first kappa shape index (κ1) is 20.8. The van der Waals surface area contributed by atoms with Crippen molar-refractivity contribution in [1.29, 1.82) is 5.26 Å². The maximum atomic E-state index is 11.9. The van der Waals surface area contributed by atoms with Gasteiger partial charge in [0.2, 0.25) is 5.91 Å². The molecule has 0 aliphatic heterocycles. The third kappa shape index (κ3) is 5.74. The number of carboxylic acids is 1. The number of hydrogen-bond donors (Lipinski definition) is 2. The van der Waals surface area contributed by atoms with E-state index in [1.54, 1.807) is 36.4 Å². The van der Waals surface area contributed by atoms with Crippen LogP contribution in [-0.2, 0) is 16.0 Å². The van der Waals surface area contributed by atoms with Gasteiger partial charge in [-0.15, -0.1) is 0 Å². The van der Waals surface area contributed by atoms with Gasteiger partial charge in [-0.2, -0.15) is 5.26 Å². The van der Waals surface area contributed by atoms with Crippen LogP contribution in [0.4, 0.5) is 5.69 Å². The number of rotatable bonds is 9. The second-order valence-electron chi connectivity index (χ2n) is 6.14. The second-order valence-corrected chi connectivity index (χ2v) is 6.14. The third-order valence-electron chi connectivity index (χ3n) is 4.09. The largest absolute Gasteiger partial charge is 0.548 e. The lowest BCUT2D eigenvalue weighted by molar-refractivity contribution is -0.307. The number of nitrogens with zero attached hydrogens (tertiary/aromatic N) is 1. The topological polar surface area (TPSA) is 114 Å². The van der Waals surface area contributed by atoms with Crippen molar-refractivity contribution in [2.24, 2.45) is 0 Å². The van der Waals surface area contributed by atoms with Gasteiger partial charge >= 0.3 is 0 Å². The van der Waals surface area contributed by atoms with Crippen molar-refractivity contribution in [2.45, 2.75) is 26.3 Å². The summed E-state index contributed by atoms with van der Waals surface area (Å²) in [5.41, 5.74) is 2.41. The first-order chi connectivity index (χ1) is 13.4. The van der Waals surface area contributed by atoms with E-state index in [0.717, 1.165) is 12.0 Å². The molecule has 2 aromatic carbocycles. The normalized spacial score (nSPS) is 11.2. The molecule has 146 valence electrons. The molecule has 0 aromatic heterocycles. The third-order valence-corrected chi connectivity index (χ3v) is 4.09. The smallest absolute Gasteiger partial charge is 0.216 e. The molecule has 0 saturated carbocycles. The Morgan fingerprint density at radius 3 is 2.50 bits per heavy atom. The Bertz CT molecular complexity index is 872. The number of aryl methyl sites for hydroxylation is 1. The van der Waals surface area contributed by atoms with Crippen LogP contribution in [-0.4, -0.2) is 25.0 Å². The van der Waals surface area contributed by atoms with Crippen molar-refractivity contribution in [3.05, 3.63) is 59.2 Å². The molecule has 1 amide bonds. The van der Waals surface area contributed by atoms with E-state index < -0.39 is 12.0 Å². The average Bonchev–Trinajstić information content (AvgIpc) is 2.69. The molecule has 0 radical (unpaired) electrons. The quantitative estimate of drug-likeness (QED) is 0.638. The minimum absolute atomic E-state index is 0.166. The number of carbonyl (C=O) groups excluding carboxylic acids is 2. The first-order valence-electron chi connectivity index (χ1n) is 8.92. The van der Waals surface area contributed by atoms with Crippen molar-refractivity contribution < 1.29 is 19.4 Å². The molecule has 2 N–H and O–H groups in total. The number of aliphatic carboxylic acids is 1. The average molecular weight is 380 g/mol. The molecule has 0 fully saturated rings. The Hall–Kier alpha value is -3.53. The molecule has 0 heterocycles. The van der Waals surface area contributed by atoms with E-state index >= 15 is 0 Å². The molecular formula is C21H22N3O4-. The molecule has 1 atom stereocenters. The summed E-state index contributed by atoms with van der Waals surface area (Å²) >= 11 is 0. The van der Waals surface area contributed by atoms with E-state index in [-0.39, 0.29) is 12.5 Å². The van der Waals surface area contributed by atoms with Gasteiger partial charge in [0.15, 0.2) is 0 Å². The summed E-state index contributed by atoms with van der Waals surface area (Å²) in [5.74, 6) is -1.07. The van der Waals surface area contributed by atoms with Crippen LogP contribution in [0.25, 0.3) is 0 Å². The number of nitriles is 1. The highest BCUT2D eigenvalue weighted by Crippen LogP contribution is 2.29. The fraction of sp³-hybridized carbons (Fsp3) is 0.286. The van der Waals surface area contributed by atoms with Crippen LogP contribution < -0.4 is 20.5 Å². The molecule has 0 bridgehead atoms. The Kier molecular flexibility index (Phi) is 7.40. The molecule has 0 aliphatic carbocycles. The zero-order chi connectivity index (χ0) is 20.5.